The van der Waals surface area contributed by atoms with Gasteiger partial charge in [-0.15, -0.1) is 0 Å². The molecule has 0 aliphatic rings. The van der Waals surface area contributed by atoms with Crippen molar-refractivity contribution in [2.75, 3.05) is 0 Å². The average Bonchev–Trinajstić information content (AvgIpc) is 1.38. The van der Waals surface area contributed by atoms with Crippen LogP contribution in [0.25, 0.3) is 0 Å². The summed E-state index contributed by atoms with van der Waals surface area (Å²) in [7, 11) is 0. The summed E-state index contributed by atoms with van der Waals surface area (Å²) in [6.45, 7) is 3.85. The second-order valence-corrected chi connectivity index (χ2v) is 5.18. The monoisotopic (exact) mass is 182 g/mol. The summed E-state index contributed by atoms with van der Waals surface area (Å²) in [4.78, 5) is 0. The molecule has 0 fully saturated rings. The van der Waals surface area contributed by atoms with Gasteiger partial charge >= 0.3 is 42.4 Å². The van der Waals surface area contributed by atoms with Crippen molar-refractivity contribution in [3.05, 3.63) is 0 Å². The van der Waals surface area contributed by atoms with Crippen LogP contribution in [-0.4, -0.2) is 21.7 Å². The third-order valence-electron chi connectivity index (χ3n) is 0.218. The first kappa shape index (κ1) is 5.73. The van der Waals surface area contributed by atoms with Crippen molar-refractivity contribution in [3.63, 3.8) is 0 Å². The molecule has 0 aromatic rings. The Hall–Kier alpha value is 0.729. The van der Waals surface area contributed by atoms with Crippen LogP contribution in [0.15, 0.2) is 0 Å². The second kappa shape index (κ2) is 2.94. The van der Waals surface area contributed by atoms with E-state index in [9.17, 15) is 2.87 Å². The fourth-order valence-electron chi connectivity index (χ4n) is 0. The summed E-state index contributed by atoms with van der Waals surface area (Å²) in [5.41, 5.74) is 0. The van der Waals surface area contributed by atoms with E-state index >= 15 is 0 Å². The topological polar surface area (TPSA) is 0 Å². The zero-order chi connectivity index (χ0) is 4.28. The Kier molecular flexibility index (Phi) is 3.37. The number of rotatable bonds is 1. The zero-order valence-electron chi connectivity index (χ0n) is 3.46. The number of halogens is 1. The Balaban J connectivity index is 2.54. The van der Waals surface area contributed by atoms with Gasteiger partial charge in [-0.25, -0.2) is 0 Å². The molecule has 0 amide bonds. The van der Waals surface area contributed by atoms with Crippen LogP contribution < -0.4 is 0 Å². The van der Waals surface area contributed by atoms with E-state index < -0.39 is 21.7 Å². The van der Waals surface area contributed by atoms with Crippen molar-refractivity contribution in [1.82, 2.24) is 0 Å². The van der Waals surface area contributed by atoms with E-state index in [1.807, 2.05) is 13.8 Å². The van der Waals surface area contributed by atoms with Gasteiger partial charge in [-0.3, -0.25) is 0 Å². The Labute approximate surface area is 42.8 Å². The normalized spacial score (nSPS) is 8.00. The summed E-state index contributed by atoms with van der Waals surface area (Å²) < 4.78 is 11.7. The Morgan fingerprint density at radius 2 is 1.80 bits per heavy atom. The molecule has 0 nitrogen and oxygen atoms in total. The molecule has 0 N–H and O–H groups in total. The first-order chi connectivity index (χ1) is 2.27. The molecule has 0 aliphatic carbocycles. The Bertz CT molecular complexity index is 20.9. The first-order valence-electron chi connectivity index (χ1n) is 1.63. The van der Waals surface area contributed by atoms with Crippen LogP contribution in [0.2, 0.25) is 3.93 Å². The number of hydrogen-bond donors (Lipinski definition) is 0. The molecule has 28 valence electrons. The predicted octanol–water partition coefficient (Wildman–Crippen LogP) is 1.40. The summed E-state index contributed by atoms with van der Waals surface area (Å²) >= 11 is -1.37. The van der Waals surface area contributed by atoms with E-state index in [2.05, 4.69) is 0 Å². The molecule has 0 aliphatic heterocycles. The van der Waals surface area contributed by atoms with E-state index in [1.165, 1.54) is 0 Å². The zero-order valence-corrected chi connectivity index (χ0v) is 6.31. The molecule has 0 spiro atoms. The van der Waals surface area contributed by atoms with E-state index in [-0.39, 0.29) is 0 Å². The van der Waals surface area contributed by atoms with Gasteiger partial charge < -0.3 is 0 Å². The van der Waals surface area contributed by atoms with Gasteiger partial charge in [-0.05, 0) is 0 Å². The van der Waals surface area contributed by atoms with E-state index in [0.717, 1.165) is 0 Å². The minimum absolute atomic E-state index is 0.388. The van der Waals surface area contributed by atoms with Gasteiger partial charge in [-0.2, -0.15) is 0 Å². The molecule has 0 heterocycles. The summed E-state index contributed by atoms with van der Waals surface area (Å²) in [6, 6.07) is 0. The van der Waals surface area contributed by atoms with Gasteiger partial charge in [0.15, 0.2) is 0 Å². The summed E-state index contributed by atoms with van der Waals surface area (Å²) in [6.07, 6.45) is 0. The molecule has 0 radical (unpaired) electrons. The molecule has 0 atom stereocenters. The quantitative estimate of drug-likeness (QED) is 0.536. The van der Waals surface area contributed by atoms with E-state index in [1.54, 1.807) is 0 Å². The number of hydrogen-bond acceptors (Lipinski definition) is 0. The molecule has 0 aromatic carbocycles. The molecule has 2 heteroatoms. The van der Waals surface area contributed by atoms with Gasteiger partial charge in [0, 0.05) is 0 Å². The van der Waals surface area contributed by atoms with Gasteiger partial charge in [-0.1, -0.05) is 0 Å². The third kappa shape index (κ3) is 4.73. The van der Waals surface area contributed by atoms with Crippen LogP contribution in [0.5, 0.6) is 0 Å². The average molecular weight is 181 g/mol. The van der Waals surface area contributed by atoms with Crippen LogP contribution >= 0.6 is 0 Å². The third-order valence-corrected chi connectivity index (χ3v) is 1.46. The Morgan fingerprint density at radius 3 is 1.80 bits per heavy atom. The van der Waals surface area contributed by atoms with Crippen molar-refractivity contribution in [1.29, 1.82) is 0 Å². The van der Waals surface area contributed by atoms with Crippen LogP contribution in [0.1, 0.15) is 13.8 Å². The maximum atomic E-state index is 11.3. The molecule has 0 saturated carbocycles. The summed E-state index contributed by atoms with van der Waals surface area (Å²) in [5, 5.41) is 0. The van der Waals surface area contributed by atoms with Crippen molar-refractivity contribution in [2.45, 2.75) is 17.8 Å². The molecule has 0 saturated heterocycles. The first-order valence-corrected chi connectivity index (χ1v) is 4.36. The predicted molar refractivity (Wildman–Crippen MR) is 22.0 cm³/mol. The van der Waals surface area contributed by atoms with Crippen molar-refractivity contribution >= 4 is 21.7 Å². The minimum atomic E-state index is -1.37. The van der Waals surface area contributed by atoms with Crippen LogP contribution in [0, 0.1) is 0 Å². The van der Waals surface area contributed by atoms with E-state index in [4.69, 9.17) is 0 Å². The van der Waals surface area contributed by atoms with Gasteiger partial charge in [0.05, 0.1) is 0 Å². The fraction of sp³-hybridized carbons (Fsp3) is 1.00. The molecule has 0 bridgehead atoms. The molecule has 0 rings (SSSR count). The molecule has 0 unspecified atom stereocenters. The molecule has 5 heavy (non-hydrogen) atoms. The van der Waals surface area contributed by atoms with Crippen LogP contribution in [0.4, 0.5) is 2.87 Å². The van der Waals surface area contributed by atoms with Crippen LogP contribution in [-0.2, 0) is 0 Å². The van der Waals surface area contributed by atoms with Gasteiger partial charge in [0.2, 0.25) is 0 Å². The molecular weight excluding hydrogens is 174 g/mol. The standard InChI is InChI=1S/C3H7.FH.Sn/c1-3-2;;/h3H,1-2H3;1H;/q;;+3/p-1. The van der Waals surface area contributed by atoms with Crippen molar-refractivity contribution < 1.29 is 2.87 Å². The second-order valence-electron chi connectivity index (χ2n) is 1.26. The maximum absolute atomic E-state index is 11.3. The van der Waals surface area contributed by atoms with Crippen molar-refractivity contribution in [3.8, 4) is 0 Å². The van der Waals surface area contributed by atoms with Crippen molar-refractivity contribution in [2.24, 2.45) is 0 Å². The molecule has 0 aromatic heterocycles. The van der Waals surface area contributed by atoms with E-state index in [0.29, 0.717) is 3.93 Å². The Morgan fingerprint density at radius 1 is 1.60 bits per heavy atom. The fourth-order valence-corrected chi connectivity index (χ4v) is 0. The van der Waals surface area contributed by atoms with Crippen LogP contribution in [0.3, 0.4) is 0 Å². The van der Waals surface area contributed by atoms with Gasteiger partial charge in [0.25, 0.3) is 0 Å². The van der Waals surface area contributed by atoms with Gasteiger partial charge in [0.1, 0.15) is 0 Å². The SMILES string of the molecule is C[CH](C)[Sn+2][F]. The summed E-state index contributed by atoms with van der Waals surface area (Å²) in [5.74, 6) is 0. The molecular formula is C3H7FSn+2.